The van der Waals surface area contributed by atoms with Crippen LogP contribution in [0.2, 0.25) is 0 Å². The molecular formula is C22H16BrF3N2O4. The first-order valence-corrected chi connectivity index (χ1v) is 10.3. The molecule has 0 saturated carbocycles. The van der Waals surface area contributed by atoms with Crippen molar-refractivity contribution in [3.8, 4) is 0 Å². The molecule has 0 radical (unpaired) electrons. The van der Waals surface area contributed by atoms with Gasteiger partial charge in [0.2, 0.25) is 0 Å². The van der Waals surface area contributed by atoms with Crippen LogP contribution in [0.1, 0.15) is 32.0 Å². The van der Waals surface area contributed by atoms with Gasteiger partial charge in [0.1, 0.15) is 6.04 Å². The first-order chi connectivity index (χ1) is 15.1. The zero-order chi connectivity index (χ0) is 23.2. The molecule has 0 aliphatic carbocycles. The van der Waals surface area contributed by atoms with Crippen LogP contribution in [0.15, 0.2) is 46.9 Å². The number of alkyl halides is 3. The van der Waals surface area contributed by atoms with Crippen molar-refractivity contribution in [1.29, 1.82) is 0 Å². The topological polar surface area (TPSA) is 79.5 Å². The van der Waals surface area contributed by atoms with Crippen molar-refractivity contribution in [3.63, 3.8) is 0 Å². The van der Waals surface area contributed by atoms with Crippen LogP contribution in [0.5, 0.6) is 0 Å². The molecule has 4 rings (SSSR count). The largest absolute Gasteiger partial charge is 0.467 e. The Hall–Kier alpha value is -3.14. The number of aromatic amines is 1. The zero-order valence-corrected chi connectivity index (χ0v) is 18.2. The molecule has 0 fully saturated rings. The summed E-state index contributed by atoms with van der Waals surface area (Å²) in [6, 6.07) is 9.55. The minimum atomic E-state index is -4.51. The van der Waals surface area contributed by atoms with Gasteiger partial charge in [-0.2, -0.15) is 13.2 Å². The van der Waals surface area contributed by atoms with E-state index in [0.29, 0.717) is 15.4 Å². The number of nitrogens with zero attached hydrogens (tertiary/aromatic N) is 1. The molecule has 0 spiro atoms. The number of hydrogen-bond acceptors (Lipinski definition) is 4. The Labute approximate surface area is 188 Å². The molecule has 2 amide bonds. The van der Waals surface area contributed by atoms with Crippen LogP contribution >= 0.6 is 15.9 Å². The van der Waals surface area contributed by atoms with Gasteiger partial charge in [-0.15, -0.1) is 0 Å². The zero-order valence-electron chi connectivity index (χ0n) is 16.6. The van der Waals surface area contributed by atoms with Gasteiger partial charge in [-0.3, -0.25) is 14.5 Å². The van der Waals surface area contributed by atoms with Crippen LogP contribution in [0, 0.1) is 0 Å². The number of nitrogens with one attached hydrogen (secondary N) is 1. The average Bonchev–Trinajstić information content (AvgIpc) is 3.19. The van der Waals surface area contributed by atoms with Crippen molar-refractivity contribution in [2.24, 2.45) is 0 Å². The van der Waals surface area contributed by atoms with Crippen LogP contribution in [0.4, 0.5) is 13.2 Å². The van der Waals surface area contributed by atoms with Gasteiger partial charge < -0.3 is 9.72 Å². The summed E-state index contributed by atoms with van der Waals surface area (Å²) in [6.45, 7) is 0. The van der Waals surface area contributed by atoms with Gasteiger partial charge in [0.05, 0.1) is 24.7 Å². The highest BCUT2D eigenvalue weighted by Crippen LogP contribution is 2.33. The number of carbonyl (C=O) groups is 3. The summed E-state index contributed by atoms with van der Waals surface area (Å²) in [5, 5.41) is 0.448. The molecule has 1 atom stereocenters. The van der Waals surface area contributed by atoms with E-state index in [4.69, 9.17) is 4.74 Å². The summed E-state index contributed by atoms with van der Waals surface area (Å²) in [5.74, 6) is -2.29. The van der Waals surface area contributed by atoms with Gasteiger partial charge in [-0.25, -0.2) is 4.79 Å². The van der Waals surface area contributed by atoms with Crippen molar-refractivity contribution in [2.45, 2.75) is 25.1 Å². The average molecular weight is 509 g/mol. The Morgan fingerprint density at radius 2 is 1.75 bits per heavy atom. The Morgan fingerprint density at radius 3 is 2.31 bits per heavy atom. The van der Waals surface area contributed by atoms with E-state index >= 15 is 0 Å². The Kier molecular flexibility index (Phi) is 5.58. The predicted molar refractivity (Wildman–Crippen MR) is 112 cm³/mol. The molecule has 1 aromatic heterocycles. The van der Waals surface area contributed by atoms with E-state index in [0.717, 1.165) is 12.0 Å². The molecule has 10 heteroatoms. The molecule has 0 unspecified atom stereocenters. The molecule has 1 N–H and O–H groups in total. The maximum Gasteiger partial charge on any atom is 0.394 e. The highest BCUT2D eigenvalue weighted by atomic mass is 79.9. The number of hydrogen-bond donors (Lipinski definition) is 1. The van der Waals surface area contributed by atoms with E-state index in [9.17, 15) is 27.6 Å². The number of amides is 2. The first kappa shape index (κ1) is 22.1. The molecule has 2 heterocycles. The maximum atomic E-state index is 13.3. The fourth-order valence-electron chi connectivity index (χ4n) is 3.96. The quantitative estimate of drug-likeness (QED) is 0.408. The van der Waals surface area contributed by atoms with Gasteiger partial charge in [-0.05, 0) is 35.9 Å². The third kappa shape index (κ3) is 3.90. The number of carbonyl (C=O) groups excluding carboxylic acids is 3. The van der Waals surface area contributed by atoms with Crippen molar-refractivity contribution >= 4 is 44.6 Å². The summed E-state index contributed by atoms with van der Waals surface area (Å²) in [6.07, 6.45) is -6.10. The summed E-state index contributed by atoms with van der Waals surface area (Å²) in [7, 11) is 1.09. The standard InChI is InChI=1S/C22H16BrF3N2O4/c1-32-21(31)18(28-19(29)12-4-2-3-5-13(12)20(28)30)9-15-14-8-11(23)6-7-16(14)27-17(15)10-22(24,25)26/h2-8,18,27H,9-10H2,1H3/t18-/m1/s1. The lowest BCUT2D eigenvalue weighted by Gasteiger charge is -2.24. The van der Waals surface area contributed by atoms with Gasteiger partial charge >= 0.3 is 12.1 Å². The molecule has 2 aromatic carbocycles. The number of benzene rings is 2. The van der Waals surface area contributed by atoms with E-state index < -0.39 is 36.4 Å². The van der Waals surface area contributed by atoms with Crippen LogP contribution < -0.4 is 0 Å². The van der Waals surface area contributed by atoms with Crippen molar-refractivity contribution < 1.29 is 32.3 Å². The molecule has 166 valence electrons. The fraction of sp³-hybridized carbons (Fsp3) is 0.227. The smallest absolute Gasteiger partial charge is 0.394 e. The van der Waals surface area contributed by atoms with Gasteiger partial charge in [0.25, 0.3) is 11.8 Å². The first-order valence-electron chi connectivity index (χ1n) is 9.51. The number of fused-ring (bicyclic) bond motifs is 2. The SMILES string of the molecule is COC(=O)[C@@H](Cc1c(CC(F)(F)F)[nH]c2ccc(Br)cc12)N1C(=O)c2ccccc2C1=O. The number of imide groups is 1. The Morgan fingerprint density at radius 1 is 1.12 bits per heavy atom. The van der Waals surface area contributed by atoms with Crippen molar-refractivity contribution in [2.75, 3.05) is 7.11 Å². The molecule has 0 saturated heterocycles. The maximum absolute atomic E-state index is 13.3. The minimum Gasteiger partial charge on any atom is -0.467 e. The van der Waals surface area contributed by atoms with Crippen LogP contribution in [0.25, 0.3) is 10.9 Å². The number of aromatic nitrogens is 1. The minimum absolute atomic E-state index is 0.128. The summed E-state index contributed by atoms with van der Waals surface area (Å²) in [5.41, 5.74) is 0.738. The van der Waals surface area contributed by atoms with E-state index in [1.54, 1.807) is 30.3 Å². The number of H-pyrrole nitrogens is 1. The monoisotopic (exact) mass is 508 g/mol. The molecule has 6 nitrogen and oxygen atoms in total. The van der Waals surface area contributed by atoms with Crippen LogP contribution in [-0.4, -0.2) is 47.0 Å². The highest BCUT2D eigenvalue weighted by Gasteiger charge is 2.44. The molecule has 1 aliphatic rings. The van der Waals surface area contributed by atoms with Gasteiger partial charge in [0.15, 0.2) is 0 Å². The summed E-state index contributed by atoms with van der Waals surface area (Å²) >= 11 is 3.30. The Balaban J connectivity index is 1.82. The number of methoxy groups -OCH3 is 1. The molecule has 32 heavy (non-hydrogen) atoms. The normalized spacial score (nSPS) is 14.7. The Bertz CT molecular complexity index is 1220. The third-order valence-corrected chi connectivity index (χ3v) is 5.83. The summed E-state index contributed by atoms with van der Waals surface area (Å²) < 4.78 is 45.2. The number of rotatable bonds is 5. The second-order valence-electron chi connectivity index (χ2n) is 7.33. The number of esters is 1. The second-order valence-corrected chi connectivity index (χ2v) is 8.25. The van der Waals surface area contributed by atoms with Crippen molar-refractivity contribution in [3.05, 3.63) is 69.3 Å². The van der Waals surface area contributed by atoms with Crippen LogP contribution in [-0.2, 0) is 22.4 Å². The molecule has 0 bridgehead atoms. The summed E-state index contributed by atoms with van der Waals surface area (Å²) in [4.78, 5) is 42.0. The molecule has 3 aromatic rings. The van der Waals surface area contributed by atoms with E-state index in [1.807, 2.05) is 0 Å². The highest BCUT2D eigenvalue weighted by molar-refractivity contribution is 9.10. The number of halogens is 4. The van der Waals surface area contributed by atoms with Gasteiger partial charge in [-0.1, -0.05) is 28.1 Å². The van der Waals surface area contributed by atoms with Crippen molar-refractivity contribution in [1.82, 2.24) is 9.88 Å². The molecular weight excluding hydrogens is 493 g/mol. The molecule has 1 aliphatic heterocycles. The van der Waals surface area contributed by atoms with Gasteiger partial charge in [0, 0.05) is 27.5 Å². The van der Waals surface area contributed by atoms with E-state index in [1.165, 1.54) is 12.1 Å². The lowest BCUT2D eigenvalue weighted by molar-refractivity contribution is -0.145. The lowest BCUT2D eigenvalue weighted by atomic mass is 9.99. The number of ether oxygens (including phenoxy) is 1. The third-order valence-electron chi connectivity index (χ3n) is 5.34. The predicted octanol–water partition coefficient (Wildman–Crippen LogP) is 4.42. The fourth-order valence-corrected chi connectivity index (χ4v) is 4.32. The second kappa shape index (κ2) is 8.09. The van der Waals surface area contributed by atoms with E-state index in [2.05, 4.69) is 20.9 Å². The van der Waals surface area contributed by atoms with E-state index in [-0.39, 0.29) is 28.8 Å². The van der Waals surface area contributed by atoms with Crippen LogP contribution in [0.3, 0.4) is 0 Å². The lowest BCUT2D eigenvalue weighted by Crippen LogP contribution is -2.46.